The predicted octanol–water partition coefficient (Wildman–Crippen LogP) is 2.07. The molecule has 1 saturated heterocycles. The maximum Gasteiger partial charge on any atom is 0.330 e. The fraction of sp³-hybridized carbons (Fsp3) is 0.500. The number of fused-ring (bicyclic) bond motifs is 1. The summed E-state index contributed by atoms with van der Waals surface area (Å²) in [6.07, 6.45) is -1.83. The van der Waals surface area contributed by atoms with Crippen LogP contribution in [0.15, 0.2) is 46.1 Å². The van der Waals surface area contributed by atoms with Crippen molar-refractivity contribution in [3.05, 3.63) is 68.5 Å². The number of H-pyrrole nitrogens is 1. The lowest BCUT2D eigenvalue weighted by Crippen LogP contribution is -2.51. The van der Waals surface area contributed by atoms with Crippen molar-refractivity contribution < 1.29 is 28.3 Å². The number of amides is 2. The van der Waals surface area contributed by atoms with Crippen molar-refractivity contribution in [1.29, 1.82) is 0 Å². The van der Waals surface area contributed by atoms with Gasteiger partial charge in [-0.15, -0.1) is 5.06 Å². The molecule has 2 aromatic rings. The van der Waals surface area contributed by atoms with Crippen molar-refractivity contribution in [2.24, 2.45) is 0 Å². The van der Waals surface area contributed by atoms with Gasteiger partial charge < -0.3 is 13.9 Å². The Morgan fingerprint density at radius 3 is 2.14 bits per heavy atom. The van der Waals surface area contributed by atoms with Crippen LogP contribution in [0.1, 0.15) is 47.7 Å². The van der Waals surface area contributed by atoms with E-state index in [2.05, 4.69) is 38.8 Å². The Morgan fingerprint density at radius 1 is 1.00 bits per heavy atom. The summed E-state index contributed by atoms with van der Waals surface area (Å²) >= 11 is 0. The highest BCUT2D eigenvalue weighted by molar-refractivity contribution is 6.74. The smallest absolute Gasteiger partial charge is 0.330 e. The van der Waals surface area contributed by atoms with E-state index in [1.165, 1.54) is 23.9 Å². The first-order chi connectivity index (χ1) is 16.9. The van der Waals surface area contributed by atoms with Gasteiger partial charge in [0.2, 0.25) is 0 Å². The molecule has 0 aliphatic carbocycles. The second-order valence-corrected chi connectivity index (χ2v) is 15.1. The maximum absolute atomic E-state index is 12.7. The lowest BCUT2D eigenvalue weighted by atomic mass is 10.1. The number of nitrogens with zero attached hydrogens (tertiary/aromatic N) is 2. The largest absolute Gasteiger partial charge is 0.408 e. The summed E-state index contributed by atoms with van der Waals surface area (Å²) in [4.78, 5) is 57.5. The van der Waals surface area contributed by atoms with E-state index in [0.29, 0.717) is 0 Å². The second-order valence-electron chi connectivity index (χ2n) is 10.4. The van der Waals surface area contributed by atoms with Crippen LogP contribution in [0.2, 0.25) is 18.1 Å². The van der Waals surface area contributed by atoms with Gasteiger partial charge in [0.15, 0.2) is 14.5 Å². The number of imide groups is 1. The minimum Gasteiger partial charge on any atom is -0.408 e. The first kappa shape index (κ1) is 26.2. The lowest BCUT2D eigenvalue weighted by molar-refractivity contribution is -0.140. The van der Waals surface area contributed by atoms with Crippen LogP contribution < -0.4 is 11.2 Å². The minimum absolute atomic E-state index is 0.147. The SMILES string of the molecule is COC1C(O[Si](C)(C)C(C)(C)C)[C@@H](CON2C(=O)c3ccccc3C2=O)O[C@H]1n1ccc(=O)[nH]c1=O. The van der Waals surface area contributed by atoms with Crippen LogP contribution in [0.4, 0.5) is 0 Å². The minimum atomic E-state index is -2.37. The molecular weight excluding hydrogens is 486 g/mol. The van der Waals surface area contributed by atoms with E-state index in [1.807, 2.05) is 0 Å². The fourth-order valence-corrected chi connectivity index (χ4v) is 5.36. The monoisotopic (exact) mass is 517 g/mol. The Morgan fingerprint density at radius 2 is 1.61 bits per heavy atom. The van der Waals surface area contributed by atoms with Crippen LogP contribution in [-0.4, -0.2) is 66.8 Å². The highest BCUT2D eigenvalue weighted by atomic mass is 28.4. The Kier molecular flexibility index (Phi) is 6.92. The van der Waals surface area contributed by atoms with Crippen molar-refractivity contribution in [2.75, 3.05) is 13.7 Å². The molecule has 2 amide bonds. The number of methoxy groups -OCH3 is 1. The number of ether oxygens (including phenoxy) is 2. The third-order valence-corrected chi connectivity index (χ3v) is 11.5. The molecule has 0 saturated carbocycles. The molecular formula is C24H31N3O8Si. The molecule has 1 N–H and O–H groups in total. The molecule has 3 heterocycles. The Labute approximate surface area is 209 Å². The molecule has 0 bridgehead atoms. The first-order valence-electron chi connectivity index (χ1n) is 11.6. The summed E-state index contributed by atoms with van der Waals surface area (Å²) in [5, 5.41) is 0.574. The highest BCUT2D eigenvalue weighted by Gasteiger charge is 2.52. The zero-order valence-electron chi connectivity index (χ0n) is 21.1. The first-order valence-corrected chi connectivity index (χ1v) is 14.5. The molecule has 0 spiro atoms. The molecule has 4 atom stereocenters. The van der Waals surface area contributed by atoms with Gasteiger partial charge in [-0.05, 0) is 30.3 Å². The average Bonchev–Trinajstić information content (AvgIpc) is 3.25. The fourth-order valence-electron chi connectivity index (χ4n) is 4.04. The van der Waals surface area contributed by atoms with Crippen molar-refractivity contribution in [1.82, 2.24) is 14.6 Å². The van der Waals surface area contributed by atoms with Gasteiger partial charge in [0.05, 0.1) is 11.1 Å². The topological polar surface area (TPSA) is 129 Å². The molecule has 1 aromatic heterocycles. The van der Waals surface area contributed by atoms with Crippen molar-refractivity contribution in [3.8, 4) is 0 Å². The molecule has 2 unspecified atom stereocenters. The van der Waals surface area contributed by atoms with Crippen molar-refractivity contribution >= 4 is 20.1 Å². The summed E-state index contributed by atoms with van der Waals surface area (Å²) in [5.74, 6) is -1.13. The van der Waals surface area contributed by atoms with Gasteiger partial charge in [0, 0.05) is 19.4 Å². The number of rotatable bonds is 7. The number of hydrogen-bond acceptors (Lipinski definition) is 8. The molecule has 1 aromatic carbocycles. The summed E-state index contributed by atoms with van der Waals surface area (Å²) in [7, 11) is -0.891. The molecule has 0 radical (unpaired) electrons. The van der Waals surface area contributed by atoms with E-state index < -0.39 is 55.9 Å². The van der Waals surface area contributed by atoms with E-state index >= 15 is 0 Å². The molecule has 2 aliphatic rings. The van der Waals surface area contributed by atoms with Crippen LogP contribution in [0.5, 0.6) is 0 Å². The van der Waals surface area contributed by atoms with Gasteiger partial charge in [-0.1, -0.05) is 32.9 Å². The predicted molar refractivity (Wildman–Crippen MR) is 131 cm³/mol. The lowest BCUT2D eigenvalue weighted by Gasteiger charge is -2.40. The summed E-state index contributed by atoms with van der Waals surface area (Å²) in [6, 6.07) is 7.68. The number of aromatic amines is 1. The van der Waals surface area contributed by atoms with Gasteiger partial charge in [-0.3, -0.25) is 28.8 Å². The second kappa shape index (κ2) is 9.52. The van der Waals surface area contributed by atoms with E-state index in [4.69, 9.17) is 18.7 Å². The molecule has 4 rings (SSSR count). The van der Waals surface area contributed by atoms with Gasteiger partial charge >= 0.3 is 5.69 Å². The Bertz CT molecular complexity index is 1250. The van der Waals surface area contributed by atoms with Crippen molar-refractivity contribution in [2.45, 2.75) is 63.4 Å². The van der Waals surface area contributed by atoms with Crippen LogP contribution in [-0.2, 0) is 18.7 Å². The van der Waals surface area contributed by atoms with E-state index in [1.54, 1.807) is 24.3 Å². The quantitative estimate of drug-likeness (QED) is 0.437. The number of carbonyl (C=O) groups is 2. The number of carbonyl (C=O) groups excluding carboxylic acids is 2. The molecule has 36 heavy (non-hydrogen) atoms. The average molecular weight is 518 g/mol. The third kappa shape index (κ3) is 4.62. The molecule has 1 fully saturated rings. The normalized spacial score (nSPS) is 24.4. The number of benzene rings is 1. The van der Waals surface area contributed by atoms with Crippen LogP contribution >= 0.6 is 0 Å². The Balaban J connectivity index is 1.63. The number of aromatic nitrogens is 2. The third-order valence-electron chi connectivity index (χ3n) is 7.04. The van der Waals surface area contributed by atoms with Gasteiger partial charge in [0.1, 0.15) is 24.9 Å². The highest BCUT2D eigenvalue weighted by Crippen LogP contribution is 2.42. The summed E-state index contributed by atoms with van der Waals surface area (Å²) in [5.41, 5.74) is -0.682. The van der Waals surface area contributed by atoms with Crippen LogP contribution in [0.3, 0.4) is 0 Å². The number of nitrogens with one attached hydrogen (secondary N) is 1. The zero-order chi connectivity index (χ0) is 26.4. The van der Waals surface area contributed by atoms with Crippen LogP contribution in [0.25, 0.3) is 0 Å². The standard InChI is InChI=1S/C24H31N3O8Si/c1-24(2,3)36(5,6)35-18-16(13-33-27-20(29)14-9-7-8-10-15(14)21(27)30)34-22(19(18)32-4)26-12-11-17(28)25-23(26)31/h7-12,16,18-19,22H,13H2,1-6H3,(H,25,28,31)/t16-,18?,19?,22-/m1/s1. The maximum atomic E-state index is 12.7. The number of hydroxylamine groups is 2. The molecule has 11 nitrogen and oxygen atoms in total. The number of hydrogen-bond donors (Lipinski definition) is 1. The van der Waals surface area contributed by atoms with Crippen molar-refractivity contribution in [3.63, 3.8) is 0 Å². The van der Waals surface area contributed by atoms with Gasteiger partial charge in [0.25, 0.3) is 17.4 Å². The Hall–Kier alpha value is -2.90. The van der Waals surface area contributed by atoms with E-state index in [9.17, 15) is 19.2 Å². The van der Waals surface area contributed by atoms with Gasteiger partial charge in [-0.25, -0.2) is 4.79 Å². The van der Waals surface area contributed by atoms with Crippen LogP contribution in [0, 0.1) is 0 Å². The van der Waals surface area contributed by atoms with E-state index in [-0.39, 0.29) is 22.8 Å². The molecule has 2 aliphatic heterocycles. The summed E-state index contributed by atoms with van der Waals surface area (Å²) in [6.45, 7) is 10.2. The van der Waals surface area contributed by atoms with E-state index in [0.717, 1.165) is 5.06 Å². The van der Waals surface area contributed by atoms with Gasteiger partial charge in [-0.2, -0.15) is 0 Å². The molecule has 194 valence electrons. The summed E-state index contributed by atoms with van der Waals surface area (Å²) < 4.78 is 19.8. The molecule has 12 heteroatoms. The zero-order valence-corrected chi connectivity index (χ0v) is 22.1.